The van der Waals surface area contributed by atoms with Gasteiger partial charge in [0, 0.05) is 24.1 Å². The lowest BCUT2D eigenvalue weighted by Gasteiger charge is -2.38. The Morgan fingerprint density at radius 2 is 2.17 bits per heavy atom. The minimum absolute atomic E-state index is 0. The molecule has 1 saturated heterocycles. The molecule has 2 heterocycles. The maximum absolute atomic E-state index is 12.4. The Labute approximate surface area is 141 Å². The zero-order chi connectivity index (χ0) is 15.9. The number of carbonyl (C=O) groups excluding carboxylic acids is 2. The second-order valence-corrected chi connectivity index (χ2v) is 6.58. The number of nitrogens with two attached hydrogens (primary N) is 1. The van der Waals surface area contributed by atoms with Crippen molar-refractivity contribution in [3.05, 3.63) is 23.8 Å². The number of fused-ring (bicyclic) bond motifs is 1. The number of benzene rings is 1. The molecule has 0 aliphatic carbocycles. The lowest BCUT2D eigenvalue weighted by molar-refractivity contribution is -0.126. The summed E-state index contributed by atoms with van der Waals surface area (Å²) in [7, 11) is 0. The molecule has 1 unspecified atom stereocenters. The molecule has 6 nitrogen and oxygen atoms in total. The Kier molecular flexibility index (Phi) is 4.75. The summed E-state index contributed by atoms with van der Waals surface area (Å²) in [5.74, 6) is 0.519. The highest BCUT2D eigenvalue weighted by Gasteiger charge is 2.36. The third-order valence-electron chi connectivity index (χ3n) is 4.12. The van der Waals surface area contributed by atoms with Gasteiger partial charge in [0.05, 0.1) is 6.04 Å². The predicted octanol–water partition coefficient (Wildman–Crippen LogP) is 1.69. The standard InChI is InChI=1S/C16H21N3O3.ClH/c1-16(2)8-12(10-7-9(17)3-5-13(10)22-16)19-15(21)11-4-6-14(20)18-11;/h3,5,7,11-12H,4,6,8,17H2,1-2H3,(H,18,20)(H,19,21);1H/t11-,12?;/m1./s1. The third-order valence-corrected chi connectivity index (χ3v) is 4.12. The van der Waals surface area contributed by atoms with Crippen LogP contribution >= 0.6 is 12.4 Å². The highest BCUT2D eigenvalue weighted by Crippen LogP contribution is 2.40. The molecule has 7 heteroatoms. The molecule has 0 spiro atoms. The molecule has 0 radical (unpaired) electrons. The van der Waals surface area contributed by atoms with Crippen molar-refractivity contribution in [3.8, 4) is 5.75 Å². The lowest BCUT2D eigenvalue weighted by atomic mass is 9.89. The molecule has 1 aromatic carbocycles. The molecule has 4 N–H and O–H groups in total. The summed E-state index contributed by atoms with van der Waals surface area (Å²) in [4.78, 5) is 23.6. The van der Waals surface area contributed by atoms with E-state index in [9.17, 15) is 9.59 Å². The van der Waals surface area contributed by atoms with E-state index in [4.69, 9.17) is 10.5 Å². The van der Waals surface area contributed by atoms with Crippen LogP contribution in [-0.2, 0) is 9.59 Å². The van der Waals surface area contributed by atoms with E-state index in [0.717, 1.165) is 11.3 Å². The molecular weight excluding hydrogens is 318 g/mol. The van der Waals surface area contributed by atoms with Crippen LogP contribution in [-0.4, -0.2) is 23.5 Å². The first-order valence-corrected chi connectivity index (χ1v) is 7.52. The zero-order valence-electron chi connectivity index (χ0n) is 13.2. The number of rotatable bonds is 2. The van der Waals surface area contributed by atoms with E-state index in [1.54, 1.807) is 6.07 Å². The second-order valence-electron chi connectivity index (χ2n) is 6.58. The quantitative estimate of drug-likeness (QED) is 0.715. The van der Waals surface area contributed by atoms with Crippen molar-refractivity contribution in [1.29, 1.82) is 0 Å². The molecule has 2 aliphatic rings. The van der Waals surface area contributed by atoms with Gasteiger partial charge in [-0.05, 0) is 38.5 Å². The number of halogens is 1. The molecule has 23 heavy (non-hydrogen) atoms. The molecule has 3 rings (SSSR count). The van der Waals surface area contributed by atoms with Crippen LogP contribution in [0, 0.1) is 0 Å². The smallest absolute Gasteiger partial charge is 0.243 e. The van der Waals surface area contributed by atoms with Crippen LogP contribution in [0.5, 0.6) is 5.75 Å². The Balaban J connectivity index is 0.00000192. The molecular formula is C16H22ClN3O3. The number of ether oxygens (including phenoxy) is 1. The van der Waals surface area contributed by atoms with Crippen molar-refractivity contribution >= 4 is 29.9 Å². The second kappa shape index (κ2) is 6.28. The topological polar surface area (TPSA) is 93.5 Å². The van der Waals surface area contributed by atoms with Gasteiger partial charge in [0.2, 0.25) is 11.8 Å². The van der Waals surface area contributed by atoms with Crippen LogP contribution in [0.1, 0.15) is 44.7 Å². The molecule has 126 valence electrons. The summed E-state index contributed by atoms with van der Waals surface area (Å²) >= 11 is 0. The number of hydrogen-bond donors (Lipinski definition) is 3. The van der Waals surface area contributed by atoms with Gasteiger partial charge in [-0.15, -0.1) is 12.4 Å². The van der Waals surface area contributed by atoms with Crippen molar-refractivity contribution in [2.75, 3.05) is 5.73 Å². The zero-order valence-corrected chi connectivity index (χ0v) is 14.0. The van der Waals surface area contributed by atoms with Gasteiger partial charge < -0.3 is 21.1 Å². The van der Waals surface area contributed by atoms with Crippen LogP contribution in [0.2, 0.25) is 0 Å². The van der Waals surface area contributed by atoms with E-state index in [2.05, 4.69) is 10.6 Å². The Morgan fingerprint density at radius 3 is 2.83 bits per heavy atom. The van der Waals surface area contributed by atoms with E-state index in [-0.39, 0.29) is 35.9 Å². The molecule has 0 saturated carbocycles. The first-order valence-electron chi connectivity index (χ1n) is 7.52. The summed E-state index contributed by atoms with van der Waals surface area (Å²) in [6.07, 6.45) is 1.60. The van der Waals surface area contributed by atoms with Gasteiger partial charge in [-0.2, -0.15) is 0 Å². The summed E-state index contributed by atoms with van der Waals surface area (Å²) in [5, 5.41) is 5.72. The minimum atomic E-state index is -0.442. The normalized spacial score (nSPS) is 24.7. The number of anilines is 1. The molecule has 0 bridgehead atoms. The van der Waals surface area contributed by atoms with Crippen molar-refractivity contribution in [1.82, 2.24) is 10.6 Å². The number of amides is 2. The highest BCUT2D eigenvalue weighted by molar-refractivity contribution is 5.91. The SMILES string of the molecule is CC1(C)CC(NC(=O)[C@H]2CCC(=O)N2)c2cc(N)ccc2O1.Cl. The third kappa shape index (κ3) is 3.69. The van der Waals surface area contributed by atoms with Gasteiger partial charge >= 0.3 is 0 Å². The van der Waals surface area contributed by atoms with Crippen LogP contribution in [0.25, 0.3) is 0 Å². The Morgan fingerprint density at radius 1 is 1.43 bits per heavy atom. The number of hydrogen-bond acceptors (Lipinski definition) is 4. The Bertz CT molecular complexity index is 633. The van der Waals surface area contributed by atoms with E-state index in [0.29, 0.717) is 24.9 Å². The molecule has 1 aromatic rings. The fourth-order valence-electron chi connectivity index (χ4n) is 3.08. The number of carbonyl (C=O) groups is 2. The van der Waals surface area contributed by atoms with Gasteiger partial charge in [0.1, 0.15) is 17.4 Å². The number of nitrogen functional groups attached to an aromatic ring is 1. The first-order chi connectivity index (χ1) is 10.3. The average molecular weight is 340 g/mol. The van der Waals surface area contributed by atoms with Gasteiger partial charge in [0.25, 0.3) is 0 Å². The molecule has 1 fully saturated rings. The highest BCUT2D eigenvalue weighted by atomic mass is 35.5. The molecule has 2 amide bonds. The van der Waals surface area contributed by atoms with E-state index in [1.165, 1.54) is 0 Å². The van der Waals surface area contributed by atoms with E-state index >= 15 is 0 Å². The van der Waals surface area contributed by atoms with Crippen molar-refractivity contribution in [2.45, 2.75) is 50.8 Å². The average Bonchev–Trinajstić information content (AvgIpc) is 2.85. The summed E-state index contributed by atoms with van der Waals surface area (Å²) in [5.41, 5.74) is 7.00. The van der Waals surface area contributed by atoms with E-state index < -0.39 is 6.04 Å². The fourth-order valence-corrected chi connectivity index (χ4v) is 3.08. The monoisotopic (exact) mass is 339 g/mol. The predicted molar refractivity (Wildman–Crippen MR) is 89.5 cm³/mol. The van der Waals surface area contributed by atoms with Crippen LogP contribution < -0.4 is 21.1 Å². The van der Waals surface area contributed by atoms with E-state index in [1.807, 2.05) is 26.0 Å². The van der Waals surface area contributed by atoms with Gasteiger partial charge in [0.15, 0.2) is 0 Å². The largest absolute Gasteiger partial charge is 0.487 e. The van der Waals surface area contributed by atoms with Crippen LogP contribution in [0.4, 0.5) is 5.69 Å². The first kappa shape index (κ1) is 17.4. The summed E-state index contributed by atoms with van der Waals surface area (Å²) in [6.45, 7) is 3.98. The van der Waals surface area contributed by atoms with Gasteiger partial charge in [-0.25, -0.2) is 0 Å². The molecule has 2 aliphatic heterocycles. The Hall–Kier alpha value is -1.95. The van der Waals surface area contributed by atoms with Gasteiger partial charge in [-0.1, -0.05) is 0 Å². The lowest BCUT2D eigenvalue weighted by Crippen LogP contribution is -2.46. The summed E-state index contributed by atoms with van der Waals surface area (Å²) in [6, 6.07) is 4.84. The van der Waals surface area contributed by atoms with Crippen molar-refractivity contribution in [3.63, 3.8) is 0 Å². The van der Waals surface area contributed by atoms with Crippen molar-refractivity contribution < 1.29 is 14.3 Å². The maximum Gasteiger partial charge on any atom is 0.243 e. The molecule has 0 aromatic heterocycles. The van der Waals surface area contributed by atoms with Crippen LogP contribution in [0.3, 0.4) is 0 Å². The number of nitrogens with one attached hydrogen (secondary N) is 2. The summed E-state index contributed by atoms with van der Waals surface area (Å²) < 4.78 is 5.95. The van der Waals surface area contributed by atoms with Gasteiger partial charge in [-0.3, -0.25) is 9.59 Å². The maximum atomic E-state index is 12.4. The minimum Gasteiger partial charge on any atom is -0.487 e. The fraction of sp³-hybridized carbons (Fsp3) is 0.500. The van der Waals surface area contributed by atoms with Crippen LogP contribution in [0.15, 0.2) is 18.2 Å². The van der Waals surface area contributed by atoms with Crippen molar-refractivity contribution in [2.24, 2.45) is 0 Å². The molecule has 2 atom stereocenters.